The van der Waals surface area contributed by atoms with E-state index in [1.54, 1.807) is 18.6 Å². The number of nitrogens with two attached hydrogens (primary N) is 1. The van der Waals surface area contributed by atoms with Crippen LogP contribution in [0.5, 0.6) is 0 Å². The van der Waals surface area contributed by atoms with Gasteiger partial charge in [-0.15, -0.1) is 0 Å². The lowest BCUT2D eigenvalue weighted by molar-refractivity contribution is 0.709. The van der Waals surface area contributed by atoms with E-state index >= 15 is 0 Å². The van der Waals surface area contributed by atoms with Gasteiger partial charge in [-0.1, -0.05) is 26.0 Å². The number of pyridine rings is 3. The van der Waals surface area contributed by atoms with Crippen LogP contribution in [0.2, 0.25) is 0 Å². The SMILES string of the molecule is C=C(N/C(C=C(C)C)=C/C(=C\N)c1ccc2[nH]nc(-c3cc4c(-c5ccncc5)cncc4[nH]3)c2n1)C(C)C. The summed E-state index contributed by atoms with van der Waals surface area (Å²) in [6, 6.07) is 9.95. The fourth-order valence-electron chi connectivity index (χ4n) is 4.32. The number of hydrogen-bond donors (Lipinski definition) is 4. The van der Waals surface area contributed by atoms with Crippen LogP contribution in [0.1, 0.15) is 33.4 Å². The van der Waals surface area contributed by atoms with E-state index in [9.17, 15) is 0 Å². The highest BCUT2D eigenvalue weighted by atomic mass is 15.1. The van der Waals surface area contributed by atoms with Crippen LogP contribution in [-0.4, -0.2) is 30.1 Å². The molecule has 0 atom stereocenters. The van der Waals surface area contributed by atoms with Crippen molar-refractivity contribution in [1.82, 2.24) is 35.5 Å². The van der Waals surface area contributed by atoms with Gasteiger partial charge in [0.2, 0.25) is 0 Å². The Labute approximate surface area is 227 Å². The Morgan fingerprint density at radius 1 is 1.03 bits per heavy atom. The van der Waals surface area contributed by atoms with E-state index in [1.807, 2.05) is 42.7 Å². The quantitative estimate of drug-likeness (QED) is 0.175. The zero-order chi connectivity index (χ0) is 27.5. The van der Waals surface area contributed by atoms with Gasteiger partial charge in [0.1, 0.15) is 11.2 Å². The van der Waals surface area contributed by atoms with Gasteiger partial charge in [-0.3, -0.25) is 15.1 Å². The van der Waals surface area contributed by atoms with Crippen LogP contribution < -0.4 is 11.1 Å². The maximum Gasteiger partial charge on any atom is 0.135 e. The first-order valence-corrected chi connectivity index (χ1v) is 12.8. The fraction of sp³-hybridized carbons (Fsp3) is 0.161. The van der Waals surface area contributed by atoms with Crippen molar-refractivity contribution >= 4 is 27.5 Å². The second kappa shape index (κ2) is 10.8. The molecule has 0 aromatic carbocycles. The molecule has 5 aromatic heterocycles. The lowest BCUT2D eigenvalue weighted by Crippen LogP contribution is -2.15. The number of nitrogens with one attached hydrogen (secondary N) is 3. The summed E-state index contributed by atoms with van der Waals surface area (Å²) in [5.74, 6) is 0.290. The first-order valence-electron chi connectivity index (χ1n) is 12.8. The number of nitrogens with zero attached hydrogens (tertiary/aromatic N) is 4. The minimum Gasteiger partial charge on any atom is -0.404 e. The Morgan fingerprint density at radius 3 is 2.54 bits per heavy atom. The smallest absolute Gasteiger partial charge is 0.135 e. The van der Waals surface area contributed by atoms with Gasteiger partial charge in [0.05, 0.1) is 28.6 Å². The highest BCUT2D eigenvalue weighted by Crippen LogP contribution is 2.33. The van der Waals surface area contributed by atoms with E-state index in [0.717, 1.165) is 72.7 Å². The van der Waals surface area contributed by atoms with Crippen molar-refractivity contribution in [1.29, 1.82) is 0 Å². The normalized spacial score (nSPS) is 12.3. The summed E-state index contributed by atoms with van der Waals surface area (Å²) in [5, 5.41) is 12.2. The average molecular weight is 517 g/mol. The fourth-order valence-corrected chi connectivity index (χ4v) is 4.32. The predicted octanol–water partition coefficient (Wildman–Crippen LogP) is 6.47. The predicted molar refractivity (Wildman–Crippen MR) is 159 cm³/mol. The third-order valence-electron chi connectivity index (χ3n) is 6.43. The van der Waals surface area contributed by atoms with E-state index in [-0.39, 0.29) is 5.92 Å². The number of fused-ring (bicyclic) bond motifs is 2. The van der Waals surface area contributed by atoms with Gasteiger partial charge < -0.3 is 16.0 Å². The molecule has 8 nitrogen and oxygen atoms in total. The molecule has 39 heavy (non-hydrogen) atoms. The number of rotatable bonds is 8. The standard InChI is InChI=1S/C31H32N8/c1-18(2)12-23(35-20(5)19(3)4)13-22(15-32)26-6-7-27-30(37-26)31(39-38-27)28-14-24-25(16-34-17-29(24)36-28)21-8-10-33-11-9-21/h6-17,19,35-36H,5,32H2,1-4H3,(H,38,39)/b22-15+,23-13+. The molecule has 0 spiro atoms. The van der Waals surface area contributed by atoms with Crippen LogP contribution in [-0.2, 0) is 0 Å². The maximum absolute atomic E-state index is 6.11. The molecule has 5 heterocycles. The molecule has 5 rings (SSSR count). The Balaban J connectivity index is 1.57. The zero-order valence-corrected chi connectivity index (χ0v) is 22.6. The second-order valence-electron chi connectivity index (χ2n) is 9.98. The molecule has 0 saturated heterocycles. The monoisotopic (exact) mass is 516 g/mol. The van der Waals surface area contributed by atoms with Gasteiger partial charge in [0.15, 0.2) is 0 Å². The van der Waals surface area contributed by atoms with Gasteiger partial charge in [0.25, 0.3) is 0 Å². The number of allylic oxidation sites excluding steroid dienone is 5. The van der Waals surface area contributed by atoms with Gasteiger partial charge in [0, 0.05) is 52.7 Å². The van der Waals surface area contributed by atoms with E-state index < -0.39 is 0 Å². The Kier molecular flexibility index (Phi) is 7.10. The first kappa shape index (κ1) is 25.7. The molecule has 0 amide bonds. The van der Waals surface area contributed by atoms with Crippen molar-refractivity contribution in [2.45, 2.75) is 27.7 Å². The Bertz CT molecular complexity index is 1750. The maximum atomic E-state index is 6.11. The number of aromatic amines is 2. The first-order chi connectivity index (χ1) is 18.8. The summed E-state index contributed by atoms with van der Waals surface area (Å²) in [7, 11) is 0. The number of hydrogen-bond acceptors (Lipinski definition) is 6. The largest absolute Gasteiger partial charge is 0.404 e. The molecule has 196 valence electrons. The summed E-state index contributed by atoms with van der Waals surface area (Å²) < 4.78 is 0. The molecule has 0 aliphatic rings. The van der Waals surface area contributed by atoms with E-state index in [2.05, 4.69) is 76.9 Å². The van der Waals surface area contributed by atoms with Crippen molar-refractivity contribution < 1.29 is 0 Å². The molecule has 0 radical (unpaired) electrons. The van der Waals surface area contributed by atoms with Crippen LogP contribution in [0.4, 0.5) is 0 Å². The minimum absolute atomic E-state index is 0.290. The topological polar surface area (TPSA) is 121 Å². The summed E-state index contributed by atoms with van der Waals surface area (Å²) >= 11 is 0. The highest BCUT2D eigenvalue weighted by Gasteiger charge is 2.16. The van der Waals surface area contributed by atoms with Crippen molar-refractivity contribution in [3.8, 4) is 22.5 Å². The third kappa shape index (κ3) is 5.36. The molecule has 0 aliphatic heterocycles. The van der Waals surface area contributed by atoms with E-state index in [0.29, 0.717) is 0 Å². The molecular weight excluding hydrogens is 484 g/mol. The molecule has 0 aliphatic carbocycles. The van der Waals surface area contributed by atoms with Crippen molar-refractivity contribution in [2.24, 2.45) is 11.7 Å². The van der Waals surface area contributed by atoms with Crippen LogP contribution in [0.3, 0.4) is 0 Å². The van der Waals surface area contributed by atoms with Crippen LogP contribution in [0, 0.1) is 5.92 Å². The lowest BCUT2D eigenvalue weighted by Gasteiger charge is -2.15. The molecule has 0 unspecified atom stereocenters. The van der Waals surface area contributed by atoms with Crippen molar-refractivity contribution in [3.05, 3.63) is 103 Å². The van der Waals surface area contributed by atoms with Crippen LogP contribution in [0.15, 0.2) is 97.0 Å². The number of aromatic nitrogens is 6. The molecule has 0 fully saturated rings. The molecule has 0 saturated carbocycles. The third-order valence-corrected chi connectivity index (χ3v) is 6.43. The molecular formula is C31H32N8. The van der Waals surface area contributed by atoms with Crippen molar-refractivity contribution in [3.63, 3.8) is 0 Å². The highest BCUT2D eigenvalue weighted by molar-refractivity contribution is 5.99. The van der Waals surface area contributed by atoms with E-state index in [4.69, 9.17) is 10.7 Å². The molecule has 0 bridgehead atoms. The van der Waals surface area contributed by atoms with Crippen molar-refractivity contribution in [2.75, 3.05) is 0 Å². The molecule has 5 N–H and O–H groups in total. The second-order valence-corrected chi connectivity index (χ2v) is 9.98. The zero-order valence-electron chi connectivity index (χ0n) is 22.6. The summed E-state index contributed by atoms with van der Waals surface area (Å²) in [4.78, 5) is 17.0. The average Bonchev–Trinajstić information content (AvgIpc) is 3.55. The van der Waals surface area contributed by atoms with Gasteiger partial charge in [-0.25, -0.2) is 4.98 Å². The molecule has 5 aromatic rings. The van der Waals surface area contributed by atoms with Gasteiger partial charge in [-0.05, 0) is 67.8 Å². The van der Waals surface area contributed by atoms with Crippen LogP contribution in [0.25, 0.3) is 50.0 Å². The molecule has 8 heteroatoms. The Hall–Kier alpha value is -4.98. The lowest BCUT2D eigenvalue weighted by atomic mass is 10.1. The summed E-state index contributed by atoms with van der Waals surface area (Å²) in [6.07, 6.45) is 12.9. The van der Waals surface area contributed by atoms with Gasteiger partial charge in [-0.2, -0.15) is 5.10 Å². The van der Waals surface area contributed by atoms with E-state index in [1.165, 1.54) is 0 Å². The minimum atomic E-state index is 0.290. The summed E-state index contributed by atoms with van der Waals surface area (Å²) in [6.45, 7) is 12.5. The Morgan fingerprint density at radius 2 is 1.82 bits per heavy atom. The van der Waals surface area contributed by atoms with Gasteiger partial charge >= 0.3 is 0 Å². The number of H-pyrrole nitrogens is 2. The summed E-state index contributed by atoms with van der Waals surface area (Å²) in [5.41, 5.74) is 16.7. The van der Waals surface area contributed by atoms with Crippen LogP contribution >= 0.6 is 0 Å².